The summed E-state index contributed by atoms with van der Waals surface area (Å²) in [6.07, 6.45) is 8.80. The van der Waals surface area contributed by atoms with Gasteiger partial charge in [-0.2, -0.15) is 0 Å². The van der Waals surface area contributed by atoms with E-state index < -0.39 is 0 Å². The van der Waals surface area contributed by atoms with Crippen LogP contribution in [0.5, 0.6) is 0 Å². The smallest absolute Gasteiger partial charge is 0.223 e. The molecule has 0 aliphatic carbocycles. The van der Waals surface area contributed by atoms with Gasteiger partial charge in [-0.3, -0.25) is 14.6 Å². The normalized spacial score (nSPS) is 16.3. The predicted molar refractivity (Wildman–Crippen MR) is 169 cm³/mol. The van der Waals surface area contributed by atoms with Crippen LogP contribution < -0.4 is 16.4 Å². The van der Waals surface area contributed by atoms with E-state index in [0.717, 1.165) is 24.7 Å². The molecule has 0 aromatic carbocycles. The summed E-state index contributed by atoms with van der Waals surface area (Å²) in [6.45, 7) is 11.3. The number of aromatic nitrogens is 1. The summed E-state index contributed by atoms with van der Waals surface area (Å²) in [7, 11) is 5.10. The number of carbonyl (C=O) groups excluding carboxylic acids is 3. The van der Waals surface area contributed by atoms with Crippen molar-refractivity contribution in [2.24, 2.45) is 16.6 Å². The van der Waals surface area contributed by atoms with Gasteiger partial charge in [0.2, 0.25) is 5.91 Å². The number of nitrogens with two attached hydrogens (primary N) is 1. The summed E-state index contributed by atoms with van der Waals surface area (Å²) >= 11 is 0. The molecular formula is C30H50N6O7. The van der Waals surface area contributed by atoms with Gasteiger partial charge in [0.25, 0.3) is 0 Å². The summed E-state index contributed by atoms with van der Waals surface area (Å²) in [6, 6.07) is 3.14. The third-order valence-electron chi connectivity index (χ3n) is 5.83. The van der Waals surface area contributed by atoms with E-state index >= 15 is 0 Å². The lowest BCUT2D eigenvalue weighted by molar-refractivity contribution is -0.127. The maximum atomic E-state index is 11.5. The Hall–Kier alpha value is -3.33. The molecule has 1 aromatic heterocycles. The van der Waals surface area contributed by atoms with E-state index in [-0.39, 0.29) is 24.3 Å². The lowest BCUT2D eigenvalue weighted by Crippen LogP contribution is -2.33. The van der Waals surface area contributed by atoms with Gasteiger partial charge in [0.15, 0.2) is 0 Å². The number of hydrogen-bond acceptors (Lipinski definition) is 12. The zero-order valence-corrected chi connectivity index (χ0v) is 26.0. The maximum Gasteiger partial charge on any atom is 0.223 e. The van der Waals surface area contributed by atoms with E-state index in [1.165, 1.54) is 7.05 Å². The van der Waals surface area contributed by atoms with Gasteiger partial charge < -0.3 is 45.0 Å². The Labute approximate surface area is 255 Å². The van der Waals surface area contributed by atoms with Crippen molar-refractivity contribution in [2.45, 2.75) is 19.4 Å². The number of aliphatic imine (C=N–C) groups is 1. The second-order valence-corrected chi connectivity index (χ2v) is 8.84. The largest absolute Gasteiger partial charge is 0.378 e. The average molecular weight is 607 g/mol. The molecule has 0 saturated carbocycles. The molecular weight excluding hydrogens is 556 g/mol. The highest BCUT2D eigenvalue weighted by atomic mass is 16.6. The minimum Gasteiger partial charge on any atom is -0.378 e. The highest BCUT2D eigenvalue weighted by molar-refractivity contribution is 5.84. The van der Waals surface area contributed by atoms with Crippen molar-refractivity contribution >= 4 is 31.0 Å². The third-order valence-corrected chi connectivity index (χ3v) is 5.83. The molecule has 13 nitrogen and oxygen atoms in total. The Morgan fingerprint density at radius 2 is 1.65 bits per heavy atom. The van der Waals surface area contributed by atoms with Gasteiger partial charge in [0.1, 0.15) is 18.4 Å². The summed E-state index contributed by atoms with van der Waals surface area (Å²) in [5.74, 6) is 0.361. The van der Waals surface area contributed by atoms with Gasteiger partial charge >= 0.3 is 0 Å². The monoisotopic (exact) mass is 606 g/mol. The van der Waals surface area contributed by atoms with Crippen LogP contribution in [0.1, 0.15) is 23.7 Å². The Balaban J connectivity index is 0.000000842. The highest BCUT2D eigenvalue weighted by Crippen LogP contribution is 2.28. The van der Waals surface area contributed by atoms with E-state index in [4.69, 9.17) is 18.9 Å². The Kier molecular flexibility index (Phi) is 25.4. The molecule has 43 heavy (non-hydrogen) atoms. The number of nitrogens with zero attached hydrogens (tertiary/aromatic N) is 3. The molecule has 4 N–H and O–H groups in total. The van der Waals surface area contributed by atoms with Crippen molar-refractivity contribution in [2.75, 3.05) is 92.4 Å². The molecule has 0 radical (unpaired) electrons. The van der Waals surface area contributed by atoms with Crippen molar-refractivity contribution in [3.63, 3.8) is 0 Å². The first-order valence-electron chi connectivity index (χ1n) is 14.2. The first-order chi connectivity index (χ1) is 21.0. The van der Waals surface area contributed by atoms with Crippen LogP contribution >= 0.6 is 0 Å². The zero-order chi connectivity index (χ0) is 32.1. The van der Waals surface area contributed by atoms with Crippen LogP contribution in [0.15, 0.2) is 47.2 Å². The molecule has 1 saturated heterocycles. The number of nitrogens with one attached hydrogen (secondary N) is 2. The molecule has 13 heteroatoms. The highest BCUT2D eigenvalue weighted by Gasteiger charge is 2.38. The lowest BCUT2D eigenvalue weighted by atomic mass is 9.95. The van der Waals surface area contributed by atoms with Crippen LogP contribution in [0.4, 0.5) is 5.82 Å². The van der Waals surface area contributed by atoms with E-state index in [1.807, 2.05) is 26.1 Å². The second-order valence-electron chi connectivity index (χ2n) is 8.84. The van der Waals surface area contributed by atoms with Crippen LogP contribution in [0.25, 0.3) is 0 Å². The quantitative estimate of drug-likeness (QED) is 0.0800. The van der Waals surface area contributed by atoms with Gasteiger partial charge in [-0.05, 0) is 45.4 Å². The molecule has 2 atom stereocenters. The van der Waals surface area contributed by atoms with Crippen molar-refractivity contribution in [1.82, 2.24) is 15.2 Å². The number of likely N-dealkylation sites (tertiary alicyclic amines) is 1. The van der Waals surface area contributed by atoms with Crippen LogP contribution in [-0.4, -0.2) is 128 Å². The van der Waals surface area contributed by atoms with Crippen LogP contribution in [0.2, 0.25) is 0 Å². The number of aldehydes is 2. The van der Waals surface area contributed by atoms with E-state index in [0.29, 0.717) is 70.8 Å². The summed E-state index contributed by atoms with van der Waals surface area (Å²) in [5, 5.41) is 6.10. The third kappa shape index (κ3) is 18.1. The minimum atomic E-state index is -0.290. The van der Waals surface area contributed by atoms with Gasteiger partial charge in [0, 0.05) is 50.4 Å². The SMILES string of the molecule is C=N/C=C(\C=C/C)[C@@H]1[C@@H](C=O)CC(=O)N1C.CN.CNCCOCCOCCOCCOCCNc1cc(C=O)ccn1. The van der Waals surface area contributed by atoms with Gasteiger partial charge in [0.05, 0.1) is 58.9 Å². The number of hydrogen-bond donors (Lipinski definition) is 3. The average Bonchev–Trinajstić information content (AvgIpc) is 3.33. The van der Waals surface area contributed by atoms with Gasteiger partial charge in [-0.1, -0.05) is 12.2 Å². The topological polar surface area (TPSA) is 167 Å². The Morgan fingerprint density at radius 1 is 1.07 bits per heavy atom. The number of allylic oxidation sites excluding steroid dienone is 1. The Bertz CT molecular complexity index is 961. The van der Waals surface area contributed by atoms with Crippen molar-refractivity contribution < 1.29 is 33.3 Å². The Morgan fingerprint density at radius 3 is 2.16 bits per heavy atom. The standard InChI is InChI=1S/C17H29N3O5.C12H16N2O2.CH5N/c1-18-4-6-22-8-10-24-12-13-25-11-9-23-7-5-20-17-14-16(15-21)2-3-19-17;1-4-5-9(7-13-2)12-10(8-15)6-11(16)14(12)3;1-2/h2-3,14-15,18H,4-13H2,1H3,(H,19,20);4-5,7-8,10,12H,2,6H2,1,3H3;2H2,1H3/b;5-4-,9-7+;/t;10-,12-;/m.1./s1. The number of carbonyl (C=O) groups is 3. The van der Waals surface area contributed by atoms with E-state index in [2.05, 4.69) is 33.1 Å². The fourth-order valence-corrected chi connectivity index (χ4v) is 3.81. The zero-order valence-electron chi connectivity index (χ0n) is 26.0. The second kappa shape index (κ2) is 27.5. The number of anilines is 1. The molecule has 1 fully saturated rings. The van der Waals surface area contributed by atoms with Crippen molar-refractivity contribution in [3.8, 4) is 0 Å². The number of likely N-dealkylation sites (N-methyl/N-ethyl adjacent to an activating group) is 2. The number of pyridine rings is 1. The predicted octanol–water partition coefficient (Wildman–Crippen LogP) is 1.36. The lowest BCUT2D eigenvalue weighted by Gasteiger charge is -2.23. The van der Waals surface area contributed by atoms with Gasteiger partial charge in [-0.15, -0.1) is 0 Å². The van der Waals surface area contributed by atoms with E-state index in [1.54, 1.807) is 36.5 Å². The van der Waals surface area contributed by atoms with Gasteiger partial charge in [-0.25, -0.2) is 4.98 Å². The number of ether oxygens (including phenoxy) is 4. The fraction of sp³-hybridized carbons (Fsp3) is 0.567. The maximum absolute atomic E-state index is 11.5. The molecule has 2 heterocycles. The molecule has 1 aliphatic rings. The van der Waals surface area contributed by atoms with Crippen LogP contribution in [0.3, 0.4) is 0 Å². The van der Waals surface area contributed by atoms with Crippen molar-refractivity contribution in [1.29, 1.82) is 0 Å². The summed E-state index contributed by atoms with van der Waals surface area (Å²) < 4.78 is 21.5. The van der Waals surface area contributed by atoms with Crippen LogP contribution in [-0.2, 0) is 28.5 Å². The summed E-state index contributed by atoms with van der Waals surface area (Å²) in [5.41, 5.74) is 5.93. The number of rotatable bonds is 21. The number of amides is 1. The van der Waals surface area contributed by atoms with Crippen molar-refractivity contribution in [3.05, 3.63) is 47.8 Å². The molecule has 2 rings (SSSR count). The first-order valence-corrected chi connectivity index (χ1v) is 14.2. The molecule has 0 unspecified atom stereocenters. The molecule has 1 aliphatic heterocycles. The fourth-order valence-electron chi connectivity index (χ4n) is 3.81. The molecule has 1 amide bonds. The van der Waals surface area contributed by atoms with Crippen LogP contribution in [0, 0.1) is 5.92 Å². The molecule has 0 bridgehead atoms. The molecule has 0 spiro atoms. The molecule has 242 valence electrons. The summed E-state index contributed by atoms with van der Waals surface area (Å²) in [4.78, 5) is 42.6. The first kappa shape index (κ1) is 39.7. The van der Waals surface area contributed by atoms with E-state index in [9.17, 15) is 14.4 Å². The minimum absolute atomic E-state index is 0.0124. The molecule has 1 aromatic rings.